The van der Waals surface area contributed by atoms with Gasteiger partial charge in [-0.3, -0.25) is 9.98 Å². The number of rotatable bonds is 6. The van der Waals surface area contributed by atoms with E-state index in [0.717, 1.165) is 44.9 Å². The van der Waals surface area contributed by atoms with E-state index in [4.69, 9.17) is 9.98 Å². The van der Waals surface area contributed by atoms with Gasteiger partial charge in [-0.1, -0.05) is 183 Å². The number of aromatic hydroxyl groups is 1. The Bertz CT molecular complexity index is 3320. The molecule has 0 atom stereocenters. The summed E-state index contributed by atoms with van der Waals surface area (Å²) in [4.78, 5) is 10.8. The van der Waals surface area contributed by atoms with E-state index in [9.17, 15) is 5.11 Å². The van der Waals surface area contributed by atoms with Crippen LogP contribution in [0.15, 0.2) is 120 Å². The third-order valence-corrected chi connectivity index (χ3v) is 18.9. The number of nitrogens with zero attached hydrogens (tertiary/aromatic N) is 2. The topological polar surface area (TPSA) is 45.5 Å². The van der Waals surface area contributed by atoms with E-state index in [1.54, 1.807) is 0 Å². The van der Waals surface area contributed by atoms with Crippen molar-refractivity contribution in [3.63, 3.8) is 0 Å². The van der Waals surface area contributed by atoms with Crippen LogP contribution in [-0.2, 0) is 42.7 Å². The van der Waals surface area contributed by atoms with E-state index in [0.29, 0.717) is 11.3 Å². The first-order valence-electron chi connectivity index (χ1n) is 27.1. The summed E-state index contributed by atoms with van der Waals surface area (Å²) in [7, 11) is 0. The average Bonchev–Trinajstić information content (AvgIpc) is 3.63. The minimum Gasteiger partial charge on any atom is -0.507 e. The number of aryl methyl sites for hydroxylation is 3. The summed E-state index contributed by atoms with van der Waals surface area (Å²) in [6.45, 7) is 27.4. The molecule has 0 unspecified atom stereocenters. The largest absolute Gasteiger partial charge is 0.507 e. The van der Waals surface area contributed by atoms with Gasteiger partial charge in [0.05, 0.1) is 5.71 Å². The molecule has 0 amide bonds. The van der Waals surface area contributed by atoms with Crippen LogP contribution in [0.4, 0.5) is 5.69 Å². The quantitative estimate of drug-likeness (QED) is 0.169. The number of benzene rings is 6. The zero-order chi connectivity index (χ0) is 50.7. The second kappa shape index (κ2) is 18.5. The third kappa shape index (κ3) is 8.62. The first kappa shape index (κ1) is 51.1. The normalized spacial score (nSPS) is 18.3. The molecule has 1 N–H and O–H groups in total. The maximum atomic E-state index is 12.0. The fourth-order valence-electron chi connectivity index (χ4n) is 13.7. The van der Waals surface area contributed by atoms with Gasteiger partial charge >= 0.3 is 0 Å². The zero-order valence-corrected chi connectivity index (χ0v) is 47.8. The predicted octanol–water partition coefficient (Wildman–Crippen LogP) is 18.7. The van der Waals surface area contributed by atoms with Gasteiger partial charge in [0.15, 0.2) is 0 Å². The Balaban J connectivity index is 0.00000611. The van der Waals surface area contributed by atoms with Gasteiger partial charge in [0, 0.05) is 49.6 Å². The van der Waals surface area contributed by atoms with Crippen molar-refractivity contribution in [2.45, 2.75) is 168 Å². The van der Waals surface area contributed by atoms with Crippen molar-refractivity contribution >= 4 is 11.4 Å². The number of phenols is 1. The molecule has 4 heteroatoms. The molecule has 2 saturated carbocycles. The van der Waals surface area contributed by atoms with Gasteiger partial charge in [0.2, 0.25) is 0 Å². The molecule has 1 spiro atoms. The summed E-state index contributed by atoms with van der Waals surface area (Å²) in [5, 5.41) is 12.0. The monoisotopic (exact) mass is 1140 g/mol. The summed E-state index contributed by atoms with van der Waals surface area (Å²) in [6.07, 6.45) is 14.6. The fourth-order valence-corrected chi connectivity index (χ4v) is 13.7. The van der Waals surface area contributed by atoms with Crippen LogP contribution in [-0.4, -0.2) is 15.8 Å². The molecule has 0 bridgehead atoms. The first-order valence-corrected chi connectivity index (χ1v) is 27.1. The molecular weight excluding hydrogens is 1070 g/mol. The summed E-state index contributed by atoms with van der Waals surface area (Å²) >= 11 is 0. The molecule has 11 rings (SSSR count). The summed E-state index contributed by atoms with van der Waals surface area (Å²) in [5.74, 6) is 0.937. The van der Waals surface area contributed by atoms with Crippen LogP contribution in [0.1, 0.15) is 176 Å². The molecule has 0 saturated heterocycles. The van der Waals surface area contributed by atoms with E-state index >= 15 is 0 Å². The SMILES string of the molecule is Cc1ccc(-c2ccc(-c3cc4c(c5c3C(C)(C)C(c3ccc(C(C)(C)C)cc3O)=N5)-c3[c-]c(-c5cc(-c6ccc(C7CCC8(CCCCC8)CC7)cc6)ccn5)ccc3C(C)(C)C4(C)C)c(C)c2)c(C)c1.[Pt]. The fraction of sp³-hybridized carbons (Fsp3) is 0.391. The van der Waals surface area contributed by atoms with Crippen LogP contribution < -0.4 is 0 Å². The van der Waals surface area contributed by atoms with E-state index in [-0.39, 0.29) is 43.1 Å². The van der Waals surface area contributed by atoms with Gasteiger partial charge in [-0.2, -0.15) is 0 Å². The number of hydrogen-bond acceptors (Lipinski definition) is 3. The first-order chi connectivity index (χ1) is 34.2. The van der Waals surface area contributed by atoms with Crippen LogP contribution in [0.25, 0.3) is 55.8 Å². The number of aliphatic imine (C=N–C) groups is 1. The van der Waals surface area contributed by atoms with Crippen molar-refractivity contribution in [2.24, 2.45) is 10.4 Å². The van der Waals surface area contributed by atoms with E-state index in [2.05, 4.69) is 192 Å². The Morgan fingerprint density at radius 2 is 1.26 bits per heavy atom. The Morgan fingerprint density at radius 1 is 0.603 bits per heavy atom. The van der Waals surface area contributed by atoms with Gasteiger partial charge < -0.3 is 5.11 Å². The second-order valence-electron chi connectivity index (χ2n) is 25.3. The molecule has 378 valence electrons. The number of phenolic OH excluding ortho intramolecular Hbond substituents is 1. The Labute approximate surface area is 451 Å². The van der Waals surface area contributed by atoms with Crippen molar-refractivity contribution in [2.75, 3.05) is 0 Å². The van der Waals surface area contributed by atoms with Crippen molar-refractivity contribution < 1.29 is 26.2 Å². The molecule has 4 aliphatic rings. The Morgan fingerprint density at radius 3 is 1.93 bits per heavy atom. The molecule has 0 radical (unpaired) electrons. The van der Waals surface area contributed by atoms with E-state index in [1.165, 1.54) is 130 Å². The van der Waals surface area contributed by atoms with Crippen LogP contribution in [0.3, 0.4) is 0 Å². The molecule has 3 nitrogen and oxygen atoms in total. The molecule has 3 aliphatic carbocycles. The zero-order valence-electron chi connectivity index (χ0n) is 45.6. The summed E-state index contributed by atoms with van der Waals surface area (Å²) < 4.78 is 0. The van der Waals surface area contributed by atoms with Gasteiger partial charge in [0.25, 0.3) is 0 Å². The average molecular weight is 1140 g/mol. The van der Waals surface area contributed by atoms with Gasteiger partial charge in [-0.15, -0.1) is 29.3 Å². The molecule has 1 aromatic heterocycles. The molecule has 2 fully saturated rings. The van der Waals surface area contributed by atoms with Gasteiger partial charge in [0.1, 0.15) is 5.75 Å². The van der Waals surface area contributed by atoms with Crippen LogP contribution in [0, 0.1) is 32.3 Å². The molecular formula is C69H75N2OPt-. The smallest absolute Gasteiger partial charge is 0.124 e. The number of aromatic nitrogens is 1. The number of fused-ring (bicyclic) bond motifs is 5. The van der Waals surface area contributed by atoms with Gasteiger partial charge in [-0.05, 0) is 166 Å². The molecule has 2 heterocycles. The molecule has 73 heavy (non-hydrogen) atoms. The predicted molar refractivity (Wildman–Crippen MR) is 303 cm³/mol. The van der Waals surface area contributed by atoms with E-state index < -0.39 is 5.41 Å². The maximum Gasteiger partial charge on any atom is 0.124 e. The van der Waals surface area contributed by atoms with Crippen LogP contribution >= 0.6 is 0 Å². The molecule has 1 aliphatic heterocycles. The number of pyridine rings is 1. The van der Waals surface area contributed by atoms with Crippen molar-refractivity contribution in [3.8, 4) is 61.5 Å². The van der Waals surface area contributed by atoms with Crippen LogP contribution in [0.2, 0.25) is 0 Å². The van der Waals surface area contributed by atoms with Crippen molar-refractivity contribution in [1.29, 1.82) is 0 Å². The standard InChI is InChI=1S/C69H75N2O.Pt/c1-42-16-24-52(43(2)36-42)49-21-25-53(44(3)37-49)55-41-58-61(63-62(55)66(7,8)64(71-63)54-26-23-51(40-60(54)72)65(4,5)6)56-38-50(22-27-57(56)67(9,10)68(58,11)12)59-39-48(30-35-70-59)46-19-17-45(18-20-46)47-28-33-69(34-29-47)31-14-13-15-32-69;/h16-27,30,35-37,39-41,47,72H,13-15,28-29,31-34H2,1-12H3;/q-1;. The maximum absolute atomic E-state index is 12.0. The van der Waals surface area contributed by atoms with Gasteiger partial charge in [-0.25, -0.2) is 0 Å². The van der Waals surface area contributed by atoms with Crippen LogP contribution in [0.5, 0.6) is 5.75 Å². The van der Waals surface area contributed by atoms with Crippen molar-refractivity contribution in [3.05, 3.63) is 172 Å². The minimum atomic E-state index is -0.562. The minimum absolute atomic E-state index is 0. The second-order valence-corrected chi connectivity index (χ2v) is 25.3. The third-order valence-electron chi connectivity index (χ3n) is 18.9. The Kier molecular flexibility index (Phi) is 12.9. The Hall–Kier alpha value is -5.37. The molecule has 6 aromatic carbocycles. The van der Waals surface area contributed by atoms with Crippen molar-refractivity contribution in [1.82, 2.24) is 4.98 Å². The number of hydrogen-bond donors (Lipinski definition) is 1. The summed E-state index contributed by atoms with van der Waals surface area (Å²) in [5.41, 5.74) is 23.5. The van der Waals surface area contributed by atoms with E-state index in [1.807, 2.05) is 12.3 Å². The molecule has 7 aromatic rings. The summed E-state index contributed by atoms with van der Waals surface area (Å²) in [6, 6.07) is 45.0.